The highest BCUT2D eigenvalue weighted by molar-refractivity contribution is 6.02. The van der Waals surface area contributed by atoms with Crippen LogP contribution in [0.15, 0.2) is 36.4 Å². The molecule has 2 rings (SSSR count). The lowest BCUT2D eigenvalue weighted by Crippen LogP contribution is -2.31. The number of anilines is 4. The fourth-order valence-electron chi connectivity index (χ4n) is 2.80. The molecule has 2 aromatic carbocycles. The smallest absolute Gasteiger partial charge is 0.326 e. The minimum atomic E-state index is -0.226. The second kappa shape index (κ2) is 8.47. The lowest BCUT2D eigenvalue weighted by Gasteiger charge is -2.23. The number of urea groups is 1. The Morgan fingerprint density at radius 3 is 2.35 bits per heavy atom. The van der Waals surface area contributed by atoms with E-state index < -0.39 is 0 Å². The summed E-state index contributed by atoms with van der Waals surface area (Å²) in [5.41, 5.74) is 10.0. The Balaban J connectivity index is 2.16. The molecule has 0 aromatic heterocycles. The number of ether oxygens (including phenoxy) is 1. The summed E-state index contributed by atoms with van der Waals surface area (Å²) in [4.78, 5) is 16.4. The Hall–Kier alpha value is -2.89. The molecule has 0 bridgehead atoms. The molecule has 0 spiro atoms. The van der Waals surface area contributed by atoms with Gasteiger partial charge in [0.1, 0.15) is 5.75 Å². The van der Waals surface area contributed by atoms with E-state index in [1.54, 1.807) is 32.4 Å². The van der Waals surface area contributed by atoms with Crippen LogP contribution in [0.4, 0.5) is 27.5 Å². The number of nitrogens with one attached hydrogen (secondary N) is 1. The second-order valence-corrected chi connectivity index (χ2v) is 6.09. The molecule has 0 unspecified atom stereocenters. The van der Waals surface area contributed by atoms with Gasteiger partial charge in [-0.25, -0.2) is 4.79 Å². The Labute approximate surface area is 155 Å². The molecule has 2 aromatic rings. The summed E-state index contributed by atoms with van der Waals surface area (Å²) in [6.07, 6.45) is 0. The molecule has 0 aliphatic rings. The summed E-state index contributed by atoms with van der Waals surface area (Å²) < 4.78 is 5.22. The maximum Gasteiger partial charge on any atom is 0.326 e. The maximum absolute atomic E-state index is 12.6. The Kier molecular flexibility index (Phi) is 6.33. The fraction of sp³-hybridized carbons (Fsp3) is 0.350. The molecule has 140 valence electrons. The van der Waals surface area contributed by atoms with Gasteiger partial charge < -0.3 is 20.7 Å². The van der Waals surface area contributed by atoms with E-state index in [2.05, 4.69) is 30.1 Å². The molecule has 6 heteroatoms. The molecule has 0 aliphatic carbocycles. The first-order chi connectivity index (χ1) is 12.4. The van der Waals surface area contributed by atoms with Gasteiger partial charge in [-0.1, -0.05) is 0 Å². The maximum atomic E-state index is 12.6. The van der Waals surface area contributed by atoms with Crippen LogP contribution in [-0.4, -0.2) is 33.3 Å². The summed E-state index contributed by atoms with van der Waals surface area (Å²) in [6.45, 7) is 8.15. The molecule has 0 radical (unpaired) electrons. The number of carbonyl (C=O) groups is 1. The quantitative estimate of drug-likeness (QED) is 0.765. The van der Waals surface area contributed by atoms with Crippen LogP contribution >= 0.6 is 0 Å². The number of nitrogen functional groups attached to an aromatic ring is 1. The lowest BCUT2D eigenvalue weighted by atomic mass is 10.1. The molecule has 26 heavy (non-hydrogen) atoms. The number of aryl methyl sites for hydroxylation is 1. The molecular weight excluding hydrogens is 328 g/mol. The van der Waals surface area contributed by atoms with Gasteiger partial charge in [-0.3, -0.25) is 4.90 Å². The van der Waals surface area contributed by atoms with Crippen molar-refractivity contribution in [3.05, 3.63) is 42.0 Å². The van der Waals surface area contributed by atoms with Gasteiger partial charge in [0, 0.05) is 43.3 Å². The fourth-order valence-corrected chi connectivity index (χ4v) is 2.80. The van der Waals surface area contributed by atoms with Gasteiger partial charge in [0.15, 0.2) is 0 Å². The van der Waals surface area contributed by atoms with Crippen LogP contribution in [0, 0.1) is 6.92 Å². The molecule has 0 saturated carbocycles. The standard InChI is InChI=1S/C20H28N4O2/c1-6-24(7-2)16-9-11-18(14(3)12-16)22-20(25)23(4)15-8-10-17(21)19(13-15)26-5/h8-13H,6-7,21H2,1-5H3,(H,22,25). The van der Waals surface area contributed by atoms with E-state index in [4.69, 9.17) is 10.5 Å². The zero-order chi connectivity index (χ0) is 19.3. The molecule has 0 fully saturated rings. The highest BCUT2D eigenvalue weighted by Gasteiger charge is 2.14. The van der Waals surface area contributed by atoms with Crippen molar-refractivity contribution in [2.75, 3.05) is 48.1 Å². The van der Waals surface area contributed by atoms with Crippen LogP contribution in [0.2, 0.25) is 0 Å². The molecule has 0 aliphatic heterocycles. The number of rotatable bonds is 6. The van der Waals surface area contributed by atoms with Gasteiger partial charge in [-0.15, -0.1) is 0 Å². The normalized spacial score (nSPS) is 10.3. The van der Waals surface area contributed by atoms with Gasteiger partial charge >= 0.3 is 6.03 Å². The van der Waals surface area contributed by atoms with Crippen LogP contribution in [0.3, 0.4) is 0 Å². The number of carbonyl (C=O) groups excluding carboxylic acids is 1. The highest BCUT2D eigenvalue weighted by atomic mass is 16.5. The third kappa shape index (κ3) is 4.20. The number of amides is 2. The van der Waals surface area contributed by atoms with E-state index in [1.165, 1.54) is 4.90 Å². The van der Waals surface area contributed by atoms with Gasteiger partial charge in [0.2, 0.25) is 0 Å². The summed E-state index contributed by atoms with van der Waals surface area (Å²) in [5, 5.41) is 2.96. The monoisotopic (exact) mass is 356 g/mol. The predicted molar refractivity (Wildman–Crippen MR) is 110 cm³/mol. The predicted octanol–water partition coefficient (Wildman–Crippen LogP) is 4.10. The Morgan fingerprint density at radius 2 is 1.77 bits per heavy atom. The van der Waals surface area contributed by atoms with Crippen molar-refractivity contribution in [3.63, 3.8) is 0 Å². The van der Waals surface area contributed by atoms with Crippen LogP contribution in [0.25, 0.3) is 0 Å². The third-order valence-corrected chi connectivity index (χ3v) is 4.49. The average Bonchev–Trinajstić information content (AvgIpc) is 2.64. The van der Waals surface area contributed by atoms with Crippen molar-refractivity contribution < 1.29 is 9.53 Å². The van der Waals surface area contributed by atoms with Crippen LogP contribution < -0.4 is 25.6 Å². The van der Waals surface area contributed by atoms with E-state index in [1.807, 2.05) is 19.1 Å². The minimum Gasteiger partial charge on any atom is -0.495 e. The zero-order valence-electron chi connectivity index (χ0n) is 16.2. The summed E-state index contributed by atoms with van der Waals surface area (Å²) in [5.74, 6) is 0.543. The number of methoxy groups -OCH3 is 1. The first kappa shape index (κ1) is 19.4. The third-order valence-electron chi connectivity index (χ3n) is 4.49. The van der Waals surface area contributed by atoms with Crippen LogP contribution in [0.5, 0.6) is 5.75 Å². The Morgan fingerprint density at radius 1 is 1.12 bits per heavy atom. The zero-order valence-corrected chi connectivity index (χ0v) is 16.2. The SMILES string of the molecule is CCN(CC)c1ccc(NC(=O)N(C)c2ccc(N)c(OC)c2)c(C)c1. The Bertz CT molecular complexity index is 772. The van der Waals surface area contributed by atoms with Crippen molar-refractivity contribution in [2.24, 2.45) is 0 Å². The highest BCUT2D eigenvalue weighted by Crippen LogP contribution is 2.28. The lowest BCUT2D eigenvalue weighted by molar-refractivity contribution is 0.258. The van der Waals surface area contributed by atoms with Crippen molar-refractivity contribution >= 4 is 28.8 Å². The number of nitrogens with zero attached hydrogens (tertiary/aromatic N) is 2. The average molecular weight is 356 g/mol. The van der Waals surface area contributed by atoms with Gasteiger partial charge in [-0.05, 0) is 56.7 Å². The molecular formula is C20H28N4O2. The van der Waals surface area contributed by atoms with E-state index in [0.717, 1.165) is 30.0 Å². The first-order valence-corrected chi connectivity index (χ1v) is 8.75. The van der Waals surface area contributed by atoms with Crippen LogP contribution in [0.1, 0.15) is 19.4 Å². The molecule has 2 amide bonds. The number of benzene rings is 2. The topological polar surface area (TPSA) is 70.8 Å². The van der Waals surface area contributed by atoms with E-state index in [0.29, 0.717) is 17.1 Å². The van der Waals surface area contributed by atoms with Crippen molar-refractivity contribution in [1.82, 2.24) is 0 Å². The molecule has 0 heterocycles. The molecule has 0 saturated heterocycles. The largest absolute Gasteiger partial charge is 0.495 e. The second-order valence-electron chi connectivity index (χ2n) is 6.09. The first-order valence-electron chi connectivity index (χ1n) is 8.75. The molecule has 3 N–H and O–H groups in total. The van der Waals surface area contributed by atoms with Gasteiger partial charge in [0.25, 0.3) is 0 Å². The van der Waals surface area contributed by atoms with Crippen molar-refractivity contribution in [3.8, 4) is 5.75 Å². The van der Waals surface area contributed by atoms with E-state index >= 15 is 0 Å². The summed E-state index contributed by atoms with van der Waals surface area (Å²) >= 11 is 0. The molecule has 0 atom stereocenters. The number of hydrogen-bond acceptors (Lipinski definition) is 4. The molecule has 6 nitrogen and oxygen atoms in total. The number of nitrogens with two attached hydrogens (primary N) is 1. The van der Waals surface area contributed by atoms with E-state index in [-0.39, 0.29) is 6.03 Å². The van der Waals surface area contributed by atoms with Crippen LogP contribution in [-0.2, 0) is 0 Å². The summed E-state index contributed by atoms with van der Waals surface area (Å²) in [6, 6.07) is 11.1. The summed E-state index contributed by atoms with van der Waals surface area (Å²) in [7, 11) is 3.26. The number of hydrogen-bond donors (Lipinski definition) is 2. The minimum absolute atomic E-state index is 0.226. The van der Waals surface area contributed by atoms with Crippen molar-refractivity contribution in [2.45, 2.75) is 20.8 Å². The van der Waals surface area contributed by atoms with Gasteiger partial charge in [-0.2, -0.15) is 0 Å². The van der Waals surface area contributed by atoms with E-state index in [9.17, 15) is 4.79 Å². The van der Waals surface area contributed by atoms with Gasteiger partial charge in [0.05, 0.1) is 12.8 Å². The van der Waals surface area contributed by atoms with Crippen molar-refractivity contribution in [1.29, 1.82) is 0 Å².